The van der Waals surface area contributed by atoms with Crippen LogP contribution in [0.15, 0.2) is 29.6 Å². The van der Waals surface area contributed by atoms with Gasteiger partial charge in [0, 0.05) is 35.6 Å². The van der Waals surface area contributed by atoms with E-state index in [1.165, 1.54) is 0 Å². The number of hydrogen-bond acceptors (Lipinski definition) is 4. The fourth-order valence-electron chi connectivity index (χ4n) is 3.33. The Balaban J connectivity index is 1.87. The summed E-state index contributed by atoms with van der Waals surface area (Å²) in [6.45, 7) is 5.50. The van der Waals surface area contributed by atoms with E-state index >= 15 is 0 Å². The zero-order valence-corrected chi connectivity index (χ0v) is 14.5. The summed E-state index contributed by atoms with van der Waals surface area (Å²) in [5, 5.41) is 3.06. The fraction of sp³-hybridized carbons (Fsp3) is 0.444. The monoisotopic (exact) mass is 329 g/mol. The largest absolute Gasteiger partial charge is 0.334 e. The van der Waals surface area contributed by atoms with Crippen LogP contribution in [0, 0.1) is 12.8 Å². The van der Waals surface area contributed by atoms with Crippen molar-refractivity contribution in [2.24, 2.45) is 11.7 Å². The SMILES string of the molecule is Cc1nc(-c2cccc(C(=O)N3CCC[C@@H](C)[C@@H]3CN)c2)cs1. The fourth-order valence-corrected chi connectivity index (χ4v) is 3.96. The predicted molar refractivity (Wildman–Crippen MR) is 94.6 cm³/mol. The molecular formula is C18H23N3OS. The van der Waals surface area contributed by atoms with Gasteiger partial charge in [-0.2, -0.15) is 0 Å². The van der Waals surface area contributed by atoms with E-state index in [0.717, 1.165) is 41.2 Å². The summed E-state index contributed by atoms with van der Waals surface area (Å²) in [6.07, 6.45) is 2.19. The third-order valence-electron chi connectivity index (χ3n) is 4.64. The third kappa shape index (κ3) is 3.31. The highest BCUT2D eigenvalue weighted by atomic mass is 32.1. The Morgan fingerprint density at radius 1 is 1.48 bits per heavy atom. The first-order valence-corrected chi connectivity index (χ1v) is 9.01. The Morgan fingerprint density at radius 2 is 2.30 bits per heavy atom. The van der Waals surface area contributed by atoms with Crippen LogP contribution in [0.3, 0.4) is 0 Å². The summed E-state index contributed by atoms with van der Waals surface area (Å²) in [5.74, 6) is 0.544. The molecule has 23 heavy (non-hydrogen) atoms. The molecule has 1 aliphatic heterocycles. The van der Waals surface area contributed by atoms with Crippen molar-refractivity contribution < 1.29 is 4.79 Å². The lowest BCUT2D eigenvalue weighted by Gasteiger charge is -2.39. The van der Waals surface area contributed by atoms with Crippen molar-refractivity contribution in [3.63, 3.8) is 0 Å². The van der Waals surface area contributed by atoms with Crippen molar-refractivity contribution >= 4 is 17.2 Å². The molecule has 1 aromatic heterocycles. The standard InChI is InChI=1S/C18H23N3OS/c1-12-5-4-8-21(17(12)10-19)18(22)15-7-3-6-14(9-15)16-11-23-13(2)20-16/h3,6-7,9,11-12,17H,4-5,8,10,19H2,1-2H3/t12-,17+/m1/s1. The summed E-state index contributed by atoms with van der Waals surface area (Å²) in [4.78, 5) is 19.4. The van der Waals surface area contributed by atoms with Crippen molar-refractivity contribution in [1.29, 1.82) is 0 Å². The van der Waals surface area contributed by atoms with Crippen LogP contribution in [0.5, 0.6) is 0 Å². The van der Waals surface area contributed by atoms with Gasteiger partial charge in [0.25, 0.3) is 5.91 Å². The molecular weight excluding hydrogens is 306 g/mol. The zero-order chi connectivity index (χ0) is 16.4. The van der Waals surface area contributed by atoms with E-state index in [1.54, 1.807) is 11.3 Å². The number of aromatic nitrogens is 1. The van der Waals surface area contributed by atoms with Gasteiger partial charge in [-0.1, -0.05) is 19.1 Å². The first kappa shape index (κ1) is 16.1. The van der Waals surface area contributed by atoms with Crippen LogP contribution >= 0.6 is 11.3 Å². The highest BCUT2D eigenvalue weighted by molar-refractivity contribution is 7.09. The van der Waals surface area contributed by atoms with Gasteiger partial charge in [-0.15, -0.1) is 11.3 Å². The number of likely N-dealkylation sites (tertiary alicyclic amines) is 1. The quantitative estimate of drug-likeness (QED) is 0.940. The second-order valence-corrected chi connectivity index (χ2v) is 7.32. The number of aryl methyl sites for hydroxylation is 1. The molecule has 0 bridgehead atoms. The van der Waals surface area contributed by atoms with E-state index in [2.05, 4.69) is 11.9 Å². The number of carbonyl (C=O) groups excluding carboxylic acids is 1. The molecule has 0 saturated carbocycles. The number of nitrogens with two attached hydrogens (primary N) is 1. The van der Waals surface area contributed by atoms with Gasteiger partial charge in [-0.3, -0.25) is 4.79 Å². The molecule has 2 aromatic rings. The van der Waals surface area contributed by atoms with E-state index in [1.807, 2.05) is 41.5 Å². The smallest absolute Gasteiger partial charge is 0.254 e. The molecule has 1 aliphatic rings. The number of benzene rings is 1. The molecule has 0 unspecified atom stereocenters. The van der Waals surface area contributed by atoms with Crippen LogP contribution in [-0.2, 0) is 0 Å². The van der Waals surface area contributed by atoms with Crippen LogP contribution in [0.1, 0.15) is 35.1 Å². The normalized spacial score (nSPS) is 21.4. The summed E-state index contributed by atoms with van der Waals surface area (Å²) in [7, 11) is 0. The minimum Gasteiger partial charge on any atom is -0.334 e. The Bertz CT molecular complexity index is 697. The molecule has 0 radical (unpaired) electrons. The van der Waals surface area contributed by atoms with Crippen molar-refractivity contribution in [3.05, 3.63) is 40.2 Å². The van der Waals surface area contributed by atoms with E-state index in [0.29, 0.717) is 12.5 Å². The minimum atomic E-state index is 0.0841. The highest BCUT2D eigenvalue weighted by Gasteiger charge is 2.31. The number of rotatable bonds is 3. The maximum atomic E-state index is 13.0. The number of carbonyl (C=O) groups is 1. The molecule has 1 amide bonds. The van der Waals surface area contributed by atoms with Crippen molar-refractivity contribution in [1.82, 2.24) is 9.88 Å². The van der Waals surface area contributed by atoms with Gasteiger partial charge < -0.3 is 10.6 Å². The number of thiazole rings is 1. The average molecular weight is 329 g/mol. The van der Waals surface area contributed by atoms with Gasteiger partial charge in [-0.05, 0) is 37.8 Å². The Labute approximate surface area is 141 Å². The zero-order valence-electron chi connectivity index (χ0n) is 13.7. The highest BCUT2D eigenvalue weighted by Crippen LogP contribution is 2.26. The summed E-state index contributed by atoms with van der Waals surface area (Å²) in [5.41, 5.74) is 8.57. The molecule has 122 valence electrons. The number of nitrogens with zero attached hydrogens (tertiary/aromatic N) is 2. The minimum absolute atomic E-state index is 0.0841. The predicted octanol–water partition coefficient (Wildman–Crippen LogP) is 3.32. The molecule has 1 saturated heterocycles. The molecule has 5 heteroatoms. The van der Waals surface area contributed by atoms with Crippen molar-refractivity contribution in [2.75, 3.05) is 13.1 Å². The van der Waals surface area contributed by atoms with Crippen LogP contribution in [-0.4, -0.2) is 34.9 Å². The Morgan fingerprint density at radius 3 is 3.00 bits per heavy atom. The number of amides is 1. The van der Waals surface area contributed by atoms with Crippen LogP contribution in [0.4, 0.5) is 0 Å². The van der Waals surface area contributed by atoms with E-state index < -0.39 is 0 Å². The van der Waals surface area contributed by atoms with E-state index in [9.17, 15) is 4.79 Å². The van der Waals surface area contributed by atoms with Gasteiger partial charge in [-0.25, -0.2) is 4.98 Å². The molecule has 2 heterocycles. The molecule has 3 rings (SSSR count). The second kappa shape index (κ2) is 6.81. The van der Waals surface area contributed by atoms with Crippen LogP contribution in [0.2, 0.25) is 0 Å². The third-order valence-corrected chi connectivity index (χ3v) is 5.42. The van der Waals surface area contributed by atoms with Crippen LogP contribution < -0.4 is 5.73 Å². The number of hydrogen-bond donors (Lipinski definition) is 1. The number of piperidine rings is 1. The summed E-state index contributed by atoms with van der Waals surface area (Å²) in [6, 6.07) is 7.91. The van der Waals surface area contributed by atoms with Gasteiger partial charge in [0.05, 0.1) is 10.7 Å². The molecule has 0 aliphatic carbocycles. The lowest BCUT2D eigenvalue weighted by molar-refractivity contribution is 0.0532. The van der Waals surface area contributed by atoms with Gasteiger partial charge >= 0.3 is 0 Å². The summed E-state index contributed by atoms with van der Waals surface area (Å²) < 4.78 is 0. The maximum absolute atomic E-state index is 13.0. The molecule has 4 nitrogen and oxygen atoms in total. The van der Waals surface area contributed by atoms with Crippen molar-refractivity contribution in [3.8, 4) is 11.3 Å². The van der Waals surface area contributed by atoms with Gasteiger partial charge in [0.15, 0.2) is 0 Å². The topological polar surface area (TPSA) is 59.2 Å². The molecule has 2 N–H and O–H groups in total. The van der Waals surface area contributed by atoms with E-state index in [-0.39, 0.29) is 11.9 Å². The second-order valence-electron chi connectivity index (χ2n) is 6.25. The first-order chi connectivity index (χ1) is 11.1. The molecule has 1 aromatic carbocycles. The molecule has 1 fully saturated rings. The van der Waals surface area contributed by atoms with Gasteiger partial charge in [0.2, 0.25) is 0 Å². The average Bonchev–Trinajstić information content (AvgIpc) is 3.00. The summed E-state index contributed by atoms with van der Waals surface area (Å²) >= 11 is 1.62. The van der Waals surface area contributed by atoms with Crippen molar-refractivity contribution in [2.45, 2.75) is 32.7 Å². The maximum Gasteiger partial charge on any atom is 0.254 e. The first-order valence-electron chi connectivity index (χ1n) is 8.13. The van der Waals surface area contributed by atoms with E-state index in [4.69, 9.17) is 5.73 Å². The van der Waals surface area contributed by atoms with Crippen LogP contribution in [0.25, 0.3) is 11.3 Å². The lowest BCUT2D eigenvalue weighted by atomic mass is 9.90. The Hall–Kier alpha value is -1.72. The van der Waals surface area contributed by atoms with Gasteiger partial charge in [0.1, 0.15) is 0 Å². The molecule has 0 spiro atoms. The molecule has 2 atom stereocenters. The lowest BCUT2D eigenvalue weighted by Crippen LogP contribution is -2.51. The Kier molecular flexibility index (Phi) is 4.78.